The van der Waals surface area contributed by atoms with E-state index in [1.54, 1.807) is 0 Å². The second-order valence-electron chi connectivity index (χ2n) is 4.35. The van der Waals surface area contributed by atoms with Crippen molar-refractivity contribution in [3.8, 4) is 0 Å². The quantitative estimate of drug-likeness (QED) is 0.652. The van der Waals surface area contributed by atoms with Crippen LogP contribution < -0.4 is 5.73 Å². The molecular formula is C11H12F2N2O2. The Morgan fingerprint density at radius 3 is 2.47 bits per heavy atom. The van der Waals surface area contributed by atoms with Crippen LogP contribution in [0.2, 0.25) is 0 Å². The van der Waals surface area contributed by atoms with Gasteiger partial charge in [-0.05, 0) is 18.9 Å². The van der Waals surface area contributed by atoms with E-state index < -0.39 is 27.7 Å². The monoisotopic (exact) mass is 242 g/mol. The number of halogens is 2. The Balaban J connectivity index is 2.60. The van der Waals surface area contributed by atoms with Crippen LogP contribution in [0.25, 0.3) is 0 Å². The number of hydrogen-bond donors (Lipinski definition) is 1. The van der Waals surface area contributed by atoms with Gasteiger partial charge in [-0.1, -0.05) is 6.42 Å². The van der Waals surface area contributed by atoms with Gasteiger partial charge in [0.1, 0.15) is 5.82 Å². The fraction of sp³-hybridized carbons (Fsp3) is 0.455. The third-order valence-corrected chi connectivity index (χ3v) is 3.50. The minimum atomic E-state index is -1.08. The zero-order valence-corrected chi connectivity index (χ0v) is 9.08. The minimum absolute atomic E-state index is 0.0992. The summed E-state index contributed by atoms with van der Waals surface area (Å²) in [4.78, 5) is 9.77. The highest BCUT2D eigenvalue weighted by atomic mass is 19.1. The minimum Gasteiger partial charge on any atom is -0.330 e. The van der Waals surface area contributed by atoms with Gasteiger partial charge in [-0.2, -0.15) is 4.39 Å². The van der Waals surface area contributed by atoms with Crippen LogP contribution in [0.5, 0.6) is 0 Å². The van der Waals surface area contributed by atoms with Gasteiger partial charge >= 0.3 is 5.69 Å². The Bertz CT molecular complexity index is 467. The number of nitrogens with two attached hydrogens (primary N) is 1. The molecule has 0 atom stereocenters. The van der Waals surface area contributed by atoms with E-state index in [1.165, 1.54) is 0 Å². The van der Waals surface area contributed by atoms with Crippen molar-refractivity contribution in [2.24, 2.45) is 5.73 Å². The lowest BCUT2D eigenvalue weighted by Gasteiger charge is -2.41. The van der Waals surface area contributed by atoms with Crippen LogP contribution in [-0.2, 0) is 5.41 Å². The van der Waals surface area contributed by atoms with Crippen LogP contribution in [0.15, 0.2) is 12.1 Å². The summed E-state index contributed by atoms with van der Waals surface area (Å²) in [6.07, 6.45) is 1.97. The third kappa shape index (κ3) is 1.68. The maximum Gasteiger partial charge on any atom is 0.305 e. The Kier molecular flexibility index (Phi) is 2.82. The molecule has 4 nitrogen and oxygen atoms in total. The van der Waals surface area contributed by atoms with E-state index in [2.05, 4.69) is 0 Å². The Hall–Kier alpha value is -1.56. The van der Waals surface area contributed by atoms with Crippen molar-refractivity contribution in [1.29, 1.82) is 0 Å². The zero-order valence-electron chi connectivity index (χ0n) is 9.08. The third-order valence-electron chi connectivity index (χ3n) is 3.50. The van der Waals surface area contributed by atoms with Gasteiger partial charge < -0.3 is 5.73 Å². The average Bonchev–Trinajstić information content (AvgIpc) is 2.21. The predicted molar refractivity (Wildman–Crippen MR) is 57.6 cm³/mol. The van der Waals surface area contributed by atoms with Crippen LogP contribution in [0, 0.1) is 21.7 Å². The number of rotatable bonds is 3. The molecule has 0 saturated heterocycles. The summed E-state index contributed by atoms with van der Waals surface area (Å²) in [6.45, 7) is 0.0992. The van der Waals surface area contributed by atoms with E-state index in [-0.39, 0.29) is 12.1 Å². The van der Waals surface area contributed by atoms with Crippen molar-refractivity contribution in [3.63, 3.8) is 0 Å². The molecule has 0 spiro atoms. The molecule has 2 rings (SSSR count). The SMILES string of the molecule is NCC1(c2c(F)ccc([N+](=O)[O-])c2F)CCC1. The molecule has 1 fully saturated rings. The van der Waals surface area contributed by atoms with Crippen molar-refractivity contribution in [2.45, 2.75) is 24.7 Å². The maximum atomic E-state index is 14.0. The number of benzene rings is 1. The van der Waals surface area contributed by atoms with E-state index in [4.69, 9.17) is 5.73 Å². The standard InChI is InChI=1S/C11H12F2N2O2/c12-7-2-3-8(15(16)17)10(13)9(7)11(6-14)4-1-5-11/h2-3H,1,4-6,14H2. The van der Waals surface area contributed by atoms with Gasteiger partial charge in [0.15, 0.2) is 0 Å². The molecule has 0 aliphatic heterocycles. The second kappa shape index (κ2) is 4.03. The Labute approximate surface area is 96.6 Å². The van der Waals surface area contributed by atoms with Gasteiger partial charge in [0, 0.05) is 23.6 Å². The fourth-order valence-electron chi connectivity index (χ4n) is 2.33. The van der Waals surface area contributed by atoms with Gasteiger partial charge in [-0.25, -0.2) is 4.39 Å². The lowest BCUT2D eigenvalue weighted by Crippen LogP contribution is -2.43. The molecule has 17 heavy (non-hydrogen) atoms. The summed E-state index contributed by atoms with van der Waals surface area (Å²) in [6, 6.07) is 1.78. The second-order valence-corrected chi connectivity index (χ2v) is 4.35. The number of nitrogens with zero attached hydrogens (tertiary/aromatic N) is 1. The van der Waals surface area contributed by atoms with E-state index in [0.29, 0.717) is 12.8 Å². The summed E-state index contributed by atoms with van der Waals surface area (Å²) in [7, 11) is 0. The van der Waals surface area contributed by atoms with E-state index in [0.717, 1.165) is 18.6 Å². The highest BCUT2D eigenvalue weighted by Crippen LogP contribution is 2.46. The van der Waals surface area contributed by atoms with Gasteiger partial charge in [0.2, 0.25) is 5.82 Å². The molecule has 1 aliphatic carbocycles. The maximum absolute atomic E-state index is 14.0. The number of hydrogen-bond acceptors (Lipinski definition) is 3. The Morgan fingerprint density at radius 1 is 1.41 bits per heavy atom. The smallest absolute Gasteiger partial charge is 0.305 e. The largest absolute Gasteiger partial charge is 0.330 e. The highest BCUT2D eigenvalue weighted by molar-refractivity contribution is 5.43. The van der Waals surface area contributed by atoms with Gasteiger partial charge in [-0.15, -0.1) is 0 Å². The summed E-state index contributed by atoms with van der Waals surface area (Å²) in [5.74, 6) is -1.83. The molecule has 6 heteroatoms. The molecule has 1 saturated carbocycles. The molecule has 0 aromatic heterocycles. The van der Waals surface area contributed by atoms with Crippen molar-refractivity contribution in [3.05, 3.63) is 39.4 Å². The van der Waals surface area contributed by atoms with Crippen LogP contribution >= 0.6 is 0 Å². The first-order valence-corrected chi connectivity index (χ1v) is 5.35. The van der Waals surface area contributed by atoms with Gasteiger partial charge in [0.25, 0.3) is 0 Å². The van der Waals surface area contributed by atoms with E-state index >= 15 is 0 Å². The average molecular weight is 242 g/mol. The molecular weight excluding hydrogens is 230 g/mol. The Morgan fingerprint density at radius 2 is 2.06 bits per heavy atom. The zero-order chi connectivity index (χ0) is 12.6. The molecule has 0 unspecified atom stereocenters. The summed E-state index contributed by atoms with van der Waals surface area (Å²) < 4.78 is 27.6. The van der Waals surface area contributed by atoms with Gasteiger partial charge in [0.05, 0.1) is 4.92 Å². The van der Waals surface area contributed by atoms with Crippen LogP contribution in [-0.4, -0.2) is 11.5 Å². The molecule has 1 aliphatic rings. The van der Waals surface area contributed by atoms with Gasteiger partial charge in [-0.3, -0.25) is 10.1 Å². The summed E-state index contributed by atoms with van der Waals surface area (Å²) >= 11 is 0. The molecule has 0 heterocycles. The summed E-state index contributed by atoms with van der Waals surface area (Å²) in [5.41, 5.74) is 3.88. The van der Waals surface area contributed by atoms with E-state index in [9.17, 15) is 18.9 Å². The molecule has 0 radical (unpaired) electrons. The molecule has 1 aromatic rings. The molecule has 0 bridgehead atoms. The predicted octanol–water partition coefficient (Wildman–Crippen LogP) is 2.25. The molecule has 0 amide bonds. The summed E-state index contributed by atoms with van der Waals surface area (Å²) in [5, 5.41) is 10.6. The fourth-order valence-corrected chi connectivity index (χ4v) is 2.33. The first kappa shape index (κ1) is 11.9. The first-order chi connectivity index (χ1) is 8.02. The molecule has 92 valence electrons. The van der Waals surface area contributed by atoms with Crippen molar-refractivity contribution >= 4 is 5.69 Å². The number of nitro groups is 1. The van der Waals surface area contributed by atoms with Crippen molar-refractivity contribution in [1.82, 2.24) is 0 Å². The van der Waals surface area contributed by atoms with Crippen LogP contribution in [0.4, 0.5) is 14.5 Å². The normalized spacial score (nSPS) is 17.6. The highest BCUT2D eigenvalue weighted by Gasteiger charge is 2.43. The topological polar surface area (TPSA) is 69.2 Å². The van der Waals surface area contributed by atoms with Crippen LogP contribution in [0.1, 0.15) is 24.8 Å². The number of nitro benzene ring substituents is 1. The lowest BCUT2D eigenvalue weighted by atomic mass is 9.64. The van der Waals surface area contributed by atoms with Crippen LogP contribution in [0.3, 0.4) is 0 Å². The molecule has 1 aromatic carbocycles. The van der Waals surface area contributed by atoms with E-state index in [1.807, 2.05) is 0 Å². The molecule has 2 N–H and O–H groups in total. The van der Waals surface area contributed by atoms with Crippen molar-refractivity contribution in [2.75, 3.05) is 6.54 Å². The lowest BCUT2D eigenvalue weighted by molar-refractivity contribution is -0.387. The van der Waals surface area contributed by atoms with Crippen molar-refractivity contribution < 1.29 is 13.7 Å². The first-order valence-electron chi connectivity index (χ1n) is 5.35.